The molecule has 182 valence electrons. The van der Waals surface area contributed by atoms with Gasteiger partial charge in [0, 0.05) is 25.3 Å². The van der Waals surface area contributed by atoms with Crippen LogP contribution in [0.25, 0.3) is 0 Å². The van der Waals surface area contributed by atoms with E-state index in [9.17, 15) is 14.4 Å². The van der Waals surface area contributed by atoms with Crippen molar-refractivity contribution in [3.05, 3.63) is 75.7 Å². The Hall–Kier alpha value is -4.28. The summed E-state index contributed by atoms with van der Waals surface area (Å²) in [7, 11) is 1.43. The first kappa shape index (κ1) is 23.9. The first-order valence-corrected chi connectivity index (χ1v) is 11.3. The SMILES string of the molecule is C=CC1CCC(Cn2c(Nc3ccc(Oc4ccc(C(N)=O)nn4)cc3)nc(=O)n(C)c2=O)CC1. The minimum Gasteiger partial charge on any atom is -0.438 e. The van der Waals surface area contributed by atoms with Gasteiger partial charge >= 0.3 is 11.4 Å². The molecule has 0 bridgehead atoms. The van der Waals surface area contributed by atoms with Gasteiger partial charge in [-0.1, -0.05) is 6.08 Å². The van der Waals surface area contributed by atoms with Crippen molar-refractivity contribution in [2.75, 3.05) is 5.32 Å². The smallest absolute Gasteiger partial charge is 0.354 e. The van der Waals surface area contributed by atoms with E-state index in [0.717, 1.165) is 30.3 Å². The van der Waals surface area contributed by atoms with E-state index in [1.807, 2.05) is 6.08 Å². The number of carbonyl (C=O) groups excluding carboxylic acids is 1. The van der Waals surface area contributed by atoms with E-state index in [1.54, 1.807) is 24.3 Å². The predicted octanol–water partition coefficient (Wildman–Crippen LogP) is 2.36. The molecule has 1 fully saturated rings. The fraction of sp³-hybridized carbons (Fsp3) is 0.333. The molecule has 3 N–H and O–H groups in total. The predicted molar refractivity (Wildman–Crippen MR) is 130 cm³/mol. The van der Waals surface area contributed by atoms with Crippen molar-refractivity contribution in [2.45, 2.75) is 32.2 Å². The third kappa shape index (κ3) is 5.62. The zero-order valence-electron chi connectivity index (χ0n) is 19.4. The monoisotopic (exact) mass is 477 g/mol. The normalized spacial score (nSPS) is 17.5. The maximum atomic E-state index is 12.9. The van der Waals surface area contributed by atoms with E-state index in [4.69, 9.17) is 10.5 Å². The Labute approximate surface area is 201 Å². The van der Waals surface area contributed by atoms with Crippen LogP contribution in [-0.2, 0) is 13.6 Å². The van der Waals surface area contributed by atoms with Gasteiger partial charge in [-0.2, -0.15) is 4.98 Å². The first-order chi connectivity index (χ1) is 16.8. The van der Waals surface area contributed by atoms with Crippen LogP contribution in [0.4, 0.5) is 11.6 Å². The highest BCUT2D eigenvalue weighted by Crippen LogP contribution is 2.30. The van der Waals surface area contributed by atoms with Crippen LogP contribution in [0.5, 0.6) is 11.6 Å². The van der Waals surface area contributed by atoms with Crippen LogP contribution < -0.4 is 27.2 Å². The van der Waals surface area contributed by atoms with Gasteiger partial charge in [-0.25, -0.2) is 14.2 Å². The van der Waals surface area contributed by atoms with Crippen molar-refractivity contribution in [1.82, 2.24) is 24.3 Å². The maximum absolute atomic E-state index is 12.9. The summed E-state index contributed by atoms with van der Waals surface area (Å²) in [5.74, 6) is 1.04. The van der Waals surface area contributed by atoms with Gasteiger partial charge in [0.05, 0.1) is 0 Å². The summed E-state index contributed by atoms with van der Waals surface area (Å²) in [6.45, 7) is 4.36. The number of primary amides is 1. The van der Waals surface area contributed by atoms with E-state index < -0.39 is 17.3 Å². The van der Waals surface area contributed by atoms with Crippen LogP contribution in [0, 0.1) is 11.8 Å². The van der Waals surface area contributed by atoms with E-state index in [0.29, 0.717) is 29.8 Å². The Morgan fingerprint density at radius 3 is 2.46 bits per heavy atom. The molecule has 4 rings (SSSR count). The van der Waals surface area contributed by atoms with Crippen molar-refractivity contribution >= 4 is 17.5 Å². The van der Waals surface area contributed by atoms with Gasteiger partial charge < -0.3 is 15.8 Å². The number of allylic oxidation sites excluding steroid dienone is 1. The van der Waals surface area contributed by atoms with Crippen molar-refractivity contribution < 1.29 is 9.53 Å². The second-order valence-electron chi connectivity index (χ2n) is 8.56. The van der Waals surface area contributed by atoms with Crippen molar-refractivity contribution in [2.24, 2.45) is 24.6 Å². The molecule has 0 spiro atoms. The Morgan fingerprint density at radius 2 is 1.86 bits per heavy atom. The molecule has 3 aromatic rings. The molecule has 1 amide bonds. The molecule has 11 nitrogen and oxygen atoms in total. The molecule has 0 saturated heterocycles. The second kappa shape index (κ2) is 10.3. The lowest BCUT2D eigenvalue weighted by atomic mass is 9.82. The van der Waals surface area contributed by atoms with Gasteiger partial charge in [0.1, 0.15) is 5.75 Å². The highest BCUT2D eigenvalue weighted by Gasteiger charge is 2.22. The number of nitrogens with zero attached hydrogens (tertiary/aromatic N) is 5. The van der Waals surface area contributed by atoms with Crippen LogP contribution in [0.2, 0.25) is 0 Å². The van der Waals surface area contributed by atoms with Gasteiger partial charge in [-0.3, -0.25) is 9.36 Å². The van der Waals surface area contributed by atoms with Gasteiger partial charge in [0.15, 0.2) is 5.69 Å². The average molecular weight is 478 g/mol. The molecule has 0 atom stereocenters. The third-order valence-electron chi connectivity index (χ3n) is 6.15. The summed E-state index contributed by atoms with van der Waals surface area (Å²) in [6, 6.07) is 9.74. The van der Waals surface area contributed by atoms with E-state index >= 15 is 0 Å². The second-order valence-corrected chi connectivity index (χ2v) is 8.56. The number of carbonyl (C=O) groups is 1. The Balaban J connectivity index is 1.50. The summed E-state index contributed by atoms with van der Waals surface area (Å²) in [4.78, 5) is 40.3. The summed E-state index contributed by atoms with van der Waals surface area (Å²) < 4.78 is 8.17. The van der Waals surface area contributed by atoms with Gasteiger partial charge in [-0.05, 0) is 67.9 Å². The summed E-state index contributed by atoms with van der Waals surface area (Å²) in [5, 5.41) is 10.6. The molecular weight excluding hydrogens is 450 g/mol. The van der Waals surface area contributed by atoms with Gasteiger partial charge in [0.25, 0.3) is 5.91 Å². The Morgan fingerprint density at radius 1 is 1.14 bits per heavy atom. The maximum Gasteiger partial charge on any atom is 0.354 e. The van der Waals surface area contributed by atoms with Crippen LogP contribution in [0.1, 0.15) is 36.2 Å². The van der Waals surface area contributed by atoms with Crippen LogP contribution in [0.15, 0.2) is 58.6 Å². The lowest BCUT2D eigenvalue weighted by molar-refractivity contribution is 0.0994. The average Bonchev–Trinajstić information content (AvgIpc) is 2.87. The standard InChI is InChI=1S/C24H27N7O4/c1-3-15-4-6-16(7-5-15)14-31-22(27-23(33)30(2)24(31)34)26-17-8-10-18(11-9-17)35-20-13-12-19(21(25)32)28-29-20/h3,8-13,15-16H,1,4-7,14H2,2H3,(H2,25,32)(H,26,27,33). The van der Waals surface area contributed by atoms with Crippen molar-refractivity contribution in [1.29, 1.82) is 0 Å². The minimum atomic E-state index is -0.674. The fourth-order valence-corrected chi connectivity index (χ4v) is 4.07. The molecule has 1 saturated carbocycles. The number of amides is 1. The van der Waals surface area contributed by atoms with E-state index in [2.05, 4.69) is 27.1 Å². The lowest BCUT2D eigenvalue weighted by Gasteiger charge is -2.27. The Kier molecular flexibility index (Phi) is 7.04. The van der Waals surface area contributed by atoms with E-state index in [1.165, 1.54) is 23.7 Å². The fourth-order valence-electron chi connectivity index (χ4n) is 4.07. The number of anilines is 2. The quantitative estimate of drug-likeness (QED) is 0.470. The number of rotatable bonds is 8. The lowest BCUT2D eigenvalue weighted by Crippen LogP contribution is -2.42. The molecule has 1 aromatic carbocycles. The van der Waals surface area contributed by atoms with Gasteiger partial charge in [0.2, 0.25) is 11.8 Å². The highest BCUT2D eigenvalue weighted by atomic mass is 16.5. The number of hydrogen-bond donors (Lipinski definition) is 2. The molecule has 0 unspecified atom stereocenters. The number of nitrogens with one attached hydrogen (secondary N) is 1. The molecule has 11 heteroatoms. The molecule has 35 heavy (non-hydrogen) atoms. The van der Waals surface area contributed by atoms with Gasteiger partial charge in [-0.15, -0.1) is 16.8 Å². The zero-order valence-corrected chi connectivity index (χ0v) is 19.4. The summed E-state index contributed by atoms with van der Waals surface area (Å²) >= 11 is 0. The Bertz CT molecular complexity index is 1320. The highest BCUT2D eigenvalue weighted by molar-refractivity contribution is 5.90. The molecule has 1 aliphatic rings. The third-order valence-corrected chi connectivity index (χ3v) is 6.15. The van der Waals surface area contributed by atoms with Crippen LogP contribution >= 0.6 is 0 Å². The number of aromatic nitrogens is 5. The molecule has 0 aliphatic heterocycles. The zero-order chi connectivity index (χ0) is 24.9. The molecule has 1 aliphatic carbocycles. The summed E-state index contributed by atoms with van der Waals surface area (Å²) in [5.41, 5.74) is 4.79. The van der Waals surface area contributed by atoms with Crippen molar-refractivity contribution in [3.8, 4) is 11.6 Å². The topological polar surface area (TPSA) is 147 Å². The number of nitrogens with two attached hydrogens (primary N) is 1. The molecular formula is C24H27N7O4. The number of ether oxygens (including phenoxy) is 1. The van der Waals surface area contributed by atoms with E-state index in [-0.39, 0.29) is 17.5 Å². The van der Waals surface area contributed by atoms with Crippen LogP contribution in [-0.4, -0.2) is 30.2 Å². The van der Waals surface area contributed by atoms with Crippen LogP contribution in [0.3, 0.4) is 0 Å². The molecule has 2 heterocycles. The minimum absolute atomic E-state index is 0.0400. The number of hydrogen-bond acceptors (Lipinski definition) is 8. The molecule has 2 aromatic heterocycles. The van der Waals surface area contributed by atoms with Crippen molar-refractivity contribution in [3.63, 3.8) is 0 Å². The summed E-state index contributed by atoms with van der Waals surface area (Å²) in [6.07, 6.45) is 6.06. The number of benzene rings is 1. The largest absolute Gasteiger partial charge is 0.438 e. The molecule has 0 radical (unpaired) electrons. The first-order valence-electron chi connectivity index (χ1n) is 11.3.